The van der Waals surface area contributed by atoms with E-state index in [0.717, 1.165) is 32.1 Å². The lowest BCUT2D eigenvalue weighted by Gasteiger charge is -2.23. The molecule has 2 atom stereocenters. The van der Waals surface area contributed by atoms with Gasteiger partial charge in [0.25, 0.3) is 0 Å². The van der Waals surface area contributed by atoms with Gasteiger partial charge in [-0.2, -0.15) is 0 Å². The van der Waals surface area contributed by atoms with Crippen molar-refractivity contribution in [2.45, 2.75) is 39.0 Å². The second-order valence-electron chi connectivity index (χ2n) is 5.01. The van der Waals surface area contributed by atoms with Gasteiger partial charge in [0.2, 0.25) is 0 Å². The van der Waals surface area contributed by atoms with E-state index >= 15 is 0 Å². The predicted molar refractivity (Wildman–Crippen MR) is 65.7 cm³/mol. The molecule has 1 aromatic rings. The Morgan fingerprint density at radius 3 is 3.00 bits per heavy atom. The summed E-state index contributed by atoms with van der Waals surface area (Å²) in [5, 5.41) is 11.5. The highest BCUT2D eigenvalue weighted by Gasteiger charge is 2.43. The molecule has 88 valence electrons. The number of aryl methyl sites for hydroxylation is 1. The summed E-state index contributed by atoms with van der Waals surface area (Å²) < 4.78 is 0. The molecule has 0 amide bonds. The van der Waals surface area contributed by atoms with E-state index in [2.05, 4.69) is 18.4 Å². The third-order valence-electron chi connectivity index (χ3n) is 3.74. The van der Waals surface area contributed by atoms with Gasteiger partial charge in [0.1, 0.15) is 0 Å². The summed E-state index contributed by atoms with van der Waals surface area (Å²) in [6, 6.07) is 4.13. The van der Waals surface area contributed by atoms with Gasteiger partial charge in [-0.05, 0) is 49.5 Å². The summed E-state index contributed by atoms with van der Waals surface area (Å²) in [6.45, 7) is 2.16. The maximum atomic E-state index is 11.4. The summed E-state index contributed by atoms with van der Waals surface area (Å²) in [7, 11) is 0. The van der Waals surface area contributed by atoms with Crippen LogP contribution in [0.2, 0.25) is 0 Å². The minimum atomic E-state index is -0.589. The van der Waals surface area contributed by atoms with Crippen LogP contribution in [0, 0.1) is 11.3 Å². The molecule has 0 saturated heterocycles. The van der Waals surface area contributed by atoms with Crippen LogP contribution in [0.1, 0.15) is 37.5 Å². The maximum Gasteiger partial charge on any atom is 0.309 e. The molecule has 0 radical (unpaired) electrons. The van der Waals surface area contributed by atoms with Crippen molar-refractivity contribution in [3.8, 4) is 0 Å². The molecule has 1 aliphatic rings. The average Bonchev–Trinajstić information content (AvgIpc) is 2.84. The normalized spacial score (nSPS) is 29.4. The van der Waals surface area contributed by atoms with Crippen molar-refractivity contribution >= 4 is 17.3 Å². The minimum Gasteiger partial charge on any atom is -0.481 e. The fraction of sp³-hybridized carbons (Fsp3) is 0.615. The molecule has 0 aliphatic heterocycles. The van der Waals surface area contributed by atoms with Crippen molar-refractivity contribution in [1.82, 2.24) is 0 Å². The molecule has 1 aliphatic carbocycles. The predicted octanol–water partition coefficient (Wildman–Crippen LogP) is 3.57. The standard InChI is InChI=1S/C13H18O2S/c1-10-4-6-13(9-10,12(14)15)7-5-11-3-2-8-16-11/h2-3,8,10H,4-7,9H2,1H3,(H,14,15). The van der Waals surface area contributed by atoms with Crippen LogP contribution in [0.3, 0.4) is 0 Å². The van der Waals surface area contributed by atoms with Crippen molar-refractivity contribution < 1.29 is 9.90 Å². The molecule has 0 aromatic carbocycles. The van der Waals surface area contributed by atoms with Gasteiger partial charge in [-0.3, -0.25) is 4.79 Å². The lowest BCUT2D eigenvalue weighted by Crippen LogP contribution is -2.28. The molecule has 1 N–H and O–H groups in total. The monoisotopic (exact) mass is 238 g/mol. The lowest BCUT2D eigenvalue weighted by molar-refractivity contribution is -0.149. The average molecular weight is 238 g/mol. The minimum absolute atomic E-state index is 0.441. The number of carboxylic acid groups (broad SMARTS) is 1. The lowest BCUT2D eigenvalue weighted by atomic mass is 9.81. The number of aliphatic carboxylic acids is 1. The number of carboxylic acids is 1. The Kier molecular flexibility index (Phi) is 3.33. The first kappa shape index (κ1) is 11.6. The van der Waals surface area contributed by atoms with E-state index in [-0.39, 0.29) is 0 Å². The van der Waals surface area contributed by atoms with Gasteiger partial charge in [-0.15, -0.1) is 11.3 Å². The van der Waals surface area contributed by atoms with Crippen LogP contribution in [0.5, 0.6) is 0 Å². The van der Waals surface area contributed by atoms with E-state index in [1.807, 2.05) is 6.07 Å². The number of carbonyl (C=O) groups is 1. The van der Waals surface area contributed by atoms with Crippen LogP contribution in [0.4, 0.5) is 0 Å². The number of rotatable bonds is 4. The third kappa shape index (κ3) is 2.29. The zero-order chi connectivity index (χ0) is 11.6. The van der Waals surface area contributed by atoms with Gasteiger partial charge in [0.05, 0.1) is 5.41 Å². The van der Waals surface area contributed by atoms with E-state index in [0.29, 0.717) is 5.92 Å². The van der Waals surface area contributed by atoms with Crippen LogP contribution in [-0.4, -0.2) is 11.1 Å². The quantitative estimate of drug-likeness (QED) is 0.870. The number of hydrogen-bond donors (Lipinski definition) is 1. The van der Waals surface area contributed by atoms with Gasteiger partial charge in [0.15, 0.2) is 0 Å². The Bertz CT molecular complexity index is 358. The molecule has 1 aromatic heterocycles. The van der Waals surface area contributed by atoms with Gasteiger partial charge >= 0.3 is 5.97 Å². The Balaban J connectivity index is 2.01. The van der Waals surface area contributed by atoms with Gasteiger partial charge in [-0.1, -0.05) is 13.0 Å². The SMILES string of the molecule is CC1CCC(CCc2cccs2)(C(=O)O)C1. The topological polar surface area (TPSA) is 37.3 Å². The summed E-state index contributed by atoms with van der Waals surface area (Å²) >= 11 is 1.72. The zero-order valence-corrected chi connectivity index (χ0v) is 10.4. The number of hydrogen-bond acceptors (Lipinski definition) is 2. The molecule has 1 fully saturated rings. The molecular weight excluding hydrogens is 220 g/mol. The van der Waals surface area contributed by atoms with E-state index in [9.17, 15) is 9.90 Å². The van der Waals surface area contributed by atoms with Crippen molar-refractivity contribution in [2.75, 3.05) is 0 Å². The molecule has 2 rings (SSSR count). The molecule has 2 unspecified atom stereocenters. The van der Waals surface area contributed by atoms with Crippen LogP contribution in [-0.2, 0) is 11.2 Å². The first-order valence-corrected chi connectivity index (χ1v) is 6.76. The highest BCUT2D eigenvalue weighted by Crippen LogP contribution is 2.45. The van der Waals surface area contributed by atoms with Crippen LogP contribution in [0.25, 0.3) is 0 Å². The van der Waals surface area contributed by atoms with Gasteiger partial charge < -0.3 is 5.11 Å². The number of thiophene rings is 1. The highest BCUT2D eigenvalue weighted by molar-refractivity contribution is 7.09. The first-order chi connectivity index (χ1) is 7.62. The molecule has 3 heteroatoms. The highest BCUT2D eigenvalue weighted by atomic mass is 32.1. The Morgan fingerprint density at radius 1 is 1.69 bits per heavy atom. The Labute approximate surface area is 100 Å². The zero-order valence-electron chi connectivity index (χ0n) is 9.61. The molecular formula is C13H18O2S. The summed E-state index contributed by atoms with van der Waals surface area (Å²) in [5.41, 5.74) is -0.441. The van der Waals surface area contributed by atoms with Crippen molar-refractivity contribution in [1.29, 1.82) is 0 Å². The van der Waals surface area contributed by atoms with E-state index in [1.165, 1.54) is 4.88 Å². The first-order valence-electron chi connectivity index (χ1n) is 5.88. The molecule has 1 heterocycles. The Hall–Kier alpha value is -0.830. The molecule has 2 nitrogen and oxygen atoms in total. The fourth-order valence-corrected chi connectivity index (χ4v) is 3.45. The molecule has 0 spiro atoms. The second kappa shape index (κ2) is 4.58. The fourth-order valence-electron chi connectivity index (χ4n) is 2.74. The summed E-state index contributed by atoms with van der Waals surface area (Å²) in [5.74, 6) is -0.0205. The second-order valence-corrected chi connectivity index (χ2v) is 6.05. The van der Waals surface area contributed by atoms with E-state index in [1.54, 1.807) is 11.3 Å². The van der Waals surface area contributed by atoms with Gasteiger partial charge in [-0.25, -0.2) is 0 Å². The third-order valence-corrected chi connectivity index (χ3v) is 4.67. The van der Waals surface area contributed by atoms with Crippen molar-refractivity contribution in [3.63, 3.8) is 0 Å². The maximum absolute atomic E-state index is 11.4. The van der Waals surface area contributed by atoms with E-state index in [4.69, 9.17) is 0 Å². The smallest absolute Gasteiger partial charge is 0.309 e. The van der Waals surface area contributed by atoms with Crippen LogP contribution >= 0.6 is 11.3 Å². The van der Waals surface area contributed by atoms with Crippen LogP contribution in [0.15, 0.2) is 17.5 Å². The molecule has 16 heavy (non-hydrogen) atoms. The molecule has 0 bridgehead atoms. The summed E-state index contributed by atoms with van der Waals surface area (Å²) in [4.78, 5) is 12.7. The molecule has 1 saturated carbocycles. The van der Waals surface area contributed by atoms with Crippen molar-refractivity contribution in [2.24, 2.45) is 11.3 Å². The van der Waals surface area contributed by atoms with Crippen LogP contribution < -0.4 is 0 Å². The van der Waals surface area contributed by atoms with Crippen molar-refractivity contribution in [3.05, 3.63) is 22.4 Å². The Morgan fingerprint density at radius 2 is 2.50 bits per heavy atom. The summed E-state index contributed by atoms with van der Waals surface area (Å²) in [6.07, 6.45) is 4.49. The van der Waals surface area contributed by atoms with E-state index < -0.39 is 11.4 Å². The van der Waals surface area contributed by atoms with Gasteiger partial charge in [0, 0.05) is 4.88 Å². The largest absolute Gasteiger partial charge is 0.481 e.